The van der Waals surface area contributed by atoms with E-state index in [1.165, 1.54) is 4.52 Å². The second-order valence-electron chi connectivity index (χ2n) is 11.4. The van der Waals surface area contributed by atoms with Crippen LogP contribution in [0.5, 0.6) is 0 Å². The van der Waals surface area contributed by atoms with Crippen LogP contribution in [-0.4, -0.2) is 64.5 Å². The lowest BCUT2D eigenvalue weighted by molar-refractivity contribution is -0.116. The van der Waals surface area contributed by atoms with Gasteiger partial charge >= 0.3 is 10.2 Å². The second-order valence-corrected chi connectivity index (χ2v) is 13.8. The minimum atomic E-state index is -9.85. The Kier molecular flexibility index (Phi) is 6.71. The number of ether oxygens (including phenoxy) is 1. The second kappa shape index (κ2) is 9.75. The molecular weight excluding hydrogens is 597 g/mol. The van der Waals surface area contributed by atoms with Crippen molar-refractivity contribution in [2.45, 2.75) is 44.0 Å². The summed E-state index contributed by atoms with van der Waals surface area (Å²) in [6.07, 6.45) is 4.90. The Morgan fingerprint density at radius 3 is 2.37 bits per heavy atom. The number of aromatic nitrogens is 4. The van der Waals surface area contributed by atoms with Crippen LogP contribution in [0, 0.1) is 5.41 Å². The molecule has 1 aromatic carbocycles. The van der Waals surface area contributed by atoms with E-state index >= 15 is 0 Å². The SMILES string of the molecule is CCc1c(N2CCNCC2)c(=O)n2nc(C3=CCC4(CC3)COC4)nc2n1CC(=O)Nc1ccc(S(F)(F)(F)(F)F)cc1. The van der Waals surface area contributed by atoms with Gasteiger partial charge in [-0.05, 0) is 55.5 Å². The third kappa shape index (κ3) is 5.74. The smallest absolute Gasteiger partial charge is 0.310 e. The maximum atomic E-state index is 13.9. The van der Waals surface area contributed by atoms with E-state index in [0.717, 1.165) is 37.0 Å². The molecule has 234 valence electrons. The van der Waals surface area contributed by atoms with Crippen molar-refractivity contribution in [3.05, 3.63) is 52.2 Å². The Hall–Kier alpha value is -3.50. The Morgan fingerprint density at radius 1 is 1.12 bits per heavy atom. The van der Waals surface area contributed by atoms with Crippen LogP contribution in [0.15, 0.2) is 40.0 Å². The third-order valence-electron chi connectivity index (χ3n) is 8.29. The number of fused-ring (bicyclic) bond motifs is 1. The average Bonchev–Trinajstić information content (AvgIpc) is 3.39. The van der Waals surface area contributed by atoms with Gasteiger partial charge in [0.2, 0.25) is 11.7 Å². The lowest BCUT2D eigenvalue weighted by Crippen LogP contribution is -2.47. The minimum Gasteiger partial charge on any atom is -0.380 e. The molecule has 0 unspecified atom stereocenters. The van der Waals surface area contributed by atoms with E-state index in [9.17, 15) is 29.0 Å². The predicted octanol–water partition coefficient (Wildman–Crippen LogP) is 4.74. The van der Waals surface area contributed by atoms with Crippen molar-refractivity contribution in [3.8, 4) is 0 Å². The van der Waals surface area contributed by atoms with Gasteiger partial charge < -0.3 is 24.8 Å². The minimum absolute atomic E-state index is 0.0866. The highest BCUT2D eigenvalue weighted by molar-refractivity contribution is 8.45. The van der Waals surface area contributed by atoms with Crippen molar-refractivity contribution < 1.29 is 29.0 Å². The molecule has 1 aliphatic carbocycles. The number of carbonyl (C=O) groups is 1. The van der Waals surface area contributed by atoms with E-state index < -0.39 is 21.0 Å². The number of amides is 1. The summed E-state index contributed by atoms with van der Waals surface area (Å²) in [6, 6.07) is 2.06. The molecule has 2 N–H and O–H groups in total. The molecule has 2 aliphatic heterocycles. The molecule has 1 spiro atoms. The van der Waals surface area contributed by atoms with Crippen LogP contribution in [0.2, 0.25) is 0 Å². The van der Waals surface area contributed by atoms with E-state index in [2.05, 4.69) is 21.8 Å². The van der Waals surface area contributed by atoms with Gasteiger partial charge in [0.1, 0.15) is 17.1 Å². The number of anilines is 2. The Morgan fingerprint density at radius 2 is 1.81 bits per heavy atom. The number of rotatable bonds is 7. The summed E-state index contributed by atoms with van der Waals surface area (Å²) in [6.45, 7) is 5.40. The zero-order chi connectivity index (χ0) is 30.7. The number of nitrogens with one attached hydrogen (secondary N) is 2. The largest absolute Gasteiger partial charge is 0.380 e. The van der Waals surface area contributed by atoms with Gasteiger partial charge in [0, 0.05) is 37.3 Å². The van der Waals surface area contributed by atoms with Gasteiger partial charge in [-0.2, -0.15) is 9.50 Å². The van der Waals surface area contributed by atoms with E-state index in [-0.39, 0.29) is 41.1 Å². The zero-order valence-electron chi connectivity index (χ0n) is 23.4. The van der Waals surface area contributed by atoms with E-state index in [0.29, 0.717) is 63.0 Å². The standard InChI is InChI=1S/C27H32F5N7O3S/c1-2-21-23(37-13-11-33-12-14-37)25(41)39-26(35-24(36-39)18-7-9-27(10-8-18)16-42-17-27)38(21)15-22(40)34-19-3-5-20(6-4-19)43(28,29,30,31)32/h3-7,33H,2,8-17H2,1H3,(H,34,40). The molecule has 0 atom stereocenters. The number of nitrogens with zero attached hydrogens (tertiary/aromatic N) is 5. The Balaban J connectivity index is 1.37. The molecule has 1 amide bonds. The van der Waals surface area contributed by atoms with Crippen LogP contribution < -0.4 is 21.1 Å². The molecule has 10 nitrogen and oxygen atoms in total. The summed E-state index contributed by atoms with van der Waals surface area (Å²) in [7, 11) is -9.85. The number of allylic oxidation sites excluding steroid dienone is 2. The summed E-state index contributed by atoms with van der Waals surface area (Å²) >= 11 is 0. The van der Waals surface area contributed by atoms with Gasteiger partial charge in [-0.3, -0.25) is 9.59 Å². The zero-order valence-corrected chi connectivity index (χ0v) is 24.2. The van der Waals surface area contributed by atoms with Crippen molar-refractivity contribution in [2.24, 2.45) is 5.41 Å². The van der Waals surface area contributed by atoms with Gasteiger partial charge in [-0.25, -0.2) is 0 Å². The normalized spacial score (nSPS) is 20.3. The molecule has 43 heavy (non-hydrogen) atoms. The summed E-state index contributed by atoms with van der Waals surface area (Å²) in [5.74, 6) is -0.0808. The Bertz CT molecular complexity index is 1680. The molecule has 2 aromatic heterocycles. The van der Waals surface area contributed by atoms with Crippen molar-refractivity contribution in [1.29, 1.82) is 0 Å². The fraction of sp³-hybridized carbons (Fsp3) is 0.481. The molecule has 3 aliphatic rings. The van der Waals surface area contributed by atoms with Crippen LogP contribution in [0.1, 0.15) is 37.7 Å². The quantitative estimate of drug-likeness (QED) is 0.364. The first-order valence-electron chi connectivity index (χ1n) is 14.1. The molecule has 4 heterocycles. The molecule has 6 rings (SSSR count). The molecule has 2 saturated heterocycles. The predicted molar refractivity (Wildman–Crippen MR) is 153 cm³/mol. The number of hydrogen-bond donors (Lipinski definition) is 2. The monoisotopic (exact) mass is 629 g/mol. The first-order valence-corrected chi connectivity index (χ1v) is 16.0. The summed E-state index contributed by atoms with van der Waals surface area (Å²) in [4.78, 5) is 31.7. The average molecular weight is 630 g/mol. The van der Waals surface area contributed by atoms with E-state index in [4.69, 9.17) is 9.72 Å². The van der Waals surface area contributed by atoms with Gasteiger partial charge in [0.15, 0.2) is 5.82 Å². The van der Waals surface area contributed by atoms with Crippen molar-refractivity contribution in [2.75, 3.05) is 49.6 Å². The van der Waals surface area contributed by atoms with Crippen LogP contribution in [0.4, 0.5) is 30.8 Å². The number of carbonyl (C=O) groups excluding carboxylic acids is 1. The lowest BCUT2D eigenvalue weighted by Gasteiger charge is -2.43. The van der Waals surface area contributed by atoms with Crippen LogP contribution in [-0.2, 0) is 22.5 Å². The summed E-state index contributed by atoms with van der Waals surface area (Å²) in [5.41, 5.74) is 1.58. The summed E-state index contributed by atoms with van der Waals surface area (Å²) in [5, 5.41) is 10.3. The molecule has 3 aromatic rings. The molecule has 0 bridgehead atoms. The van der Waals surface area contributed by atoms with Crippen molar-refractivity contribution in [3.63, 3.8) is 0 Å². The number of hydrogen-bond acceptors (Lipinski definition) is 7. The summed E-state index contributed by atoms with van der Waals surface area (Å²) < 4.78 is 73.9. The maximum Gasteiger partial charge on any atom is 0.310 e. The number of halogens is 5. The van der Waals surface area contributed by atoms with E-state index in [1.54, 1.807) is 4.57 Å². The Labute approximate surface area is 243 Å². The fourth-order valence-electron chi connectivity index (χ4n) is 5.89. The highest BCUT2D eigenvalue weighted by Crippen LogP contribution is 3.02. The van der Waals surface area contributed by atoms with Gasteiger partial charge in [0.05, 0.1) is 18.9 Å². The highest BCUT2D eigenvalue weighted by atomic mass is 32.5. The molecule has 2 fully saturated rings. The highest BCUT2D eigenvalue weighted by Gasteiger charge is 2.65. The van der Waals surface area contributed by atoms with E-state index in [1.807, 2.05) is 11.8 Å². The first kappa shape index (κ1) is 29.6. The van der Waals surface area contributed by atoms with Gasteiger partial charge in [0.25, 0.3) is 5.56 Å². The topological polar surface area (TPSA) is 106 Å². The van der Waals surface area contributed by atoms with Crippen LogP contribution in [0.25, 0.3) is 11.4 Å². The maximum absolute atomic E-state index is 13.9. The van der Waals surface area contributed by atoms with Gasteiger partial charge in [-0.1, -0.05) is 32.4 Å². The molecule has 16 heteroatoms. The lowest BCUT2D eigenvalue weighted by atomic mass is 9.73. The van der Waals surface area contributed by atoms with Crippen LogP contribution >= 0.6 is 10.2 Å². The van der Waals surface area contributed by atoms with Crippen molar-refractivity contribution in [1.82, 2.24) is 24.5 Å². The van der Waals surface area contributed by atoms with Crippen molar-refractivity contribution >= 4 is 38.9 Å². The van der Waals surface area contributed by atoms with Crippen LogP contribution in [0.3, 0.4) is 0 Å². The molecule has 0 radical (unpaired) electrons. The third-order valence-corrected chi connectivity index (χ3v) is 9.45. The number of piperazine rings is 1. The fourth-order valence-corrected chi connectivity index (χ4v) is 6.54. The first-order chi connectivity index (χ1) is 20.2. The number of benzene rings is 1. The molecular formula is C27H32F5N7O3S. The molecule has 0 saturated carbocycles. The van der Waals surface area contributed by atoms with Gasteiger partial charge in [-0.15, -0.1) is 5.10 Å².